The molecule has 2 N–H and O–H groups in total. The molecule has 0 saturated carbocycles. The van der Waals surface area contributed by atoms with Crippen LogP contribution in [-0.4, -0.2) is 38.4 Å². The van der Waals surface area contributed by atoms with E-state index in [4.69, 9.17) is 11.6 Å². The lowest BCUT2D eigenvalue weighted by Gasteiger charge is -2.16. The molecule has 0 aliphatic carbocycles. The Morgan fingerprint density at radius 1 is 1.43 bits per heavy atom. The minimum Gasteiger partial charge on any atom is -0.391 e. The predicted octanol–water partition coefficient (Wildman–Crippen LogP) is 2.37. The van der Waals surface area contributed by atoms with Crippen molar-refractivity contribution in [2.45, 2.75) is 33.3 Å². The Balaban J connectivity index is 2.12. The van der Waals surface area contributed by atoms with Crippen molar-refractivity contribution >= 4 is 17.5 Å². The van der Waals surface area contributed by atoms with Crippen molar-refractivity contribution in [2.75, 3.05) is 6.54 Å². The average Bonchev–Trinajstić information content (AvgIpc) is 2.93. The molecule has 23 heavy (non-hydrogen) atoms. The van der Waals surface area contributed by atoms with Gasteiger partial charge in [0.2, 0.25) is 5.82 Å². The number of hydrogen-bond donors (Lipinski definition) is 2. The van der Waals surface area contributed by atoms with Crippen LogP contribution in [0.2, 0.25) is 5.02 Å². The summed E-state index contributed by atoms with van der Waals surface area (Å²) in [6.07, 6.45) is 0.255. The molecule has 2 rings (SSSR count). The van der Waals surface area contributed by atoms with E-state index >= 15 is 0 Å². The van der Waals surface area contributed by atoms with Gasteiger partial charge in [-0.3, -0.25) is 4.79 Å². The molecular formula is C16H21ClN4O2. The van der Waals surface area contributed by atoms with Gasteiger partial charge in [-0.05, 0) is 25.0 Å². The maximum Gasteiger partial charge on any atom is 0.291 e. The molecule has 1 amide bonds. The molecule has 1 heterocycles. The number of nitrogens with zero attached hydrogens (tertiary/aromatic N) is 3. The fraction of sp³-hybridized carbons (Fsp3) is 0.438. The number of amides is 1. The first-order chi connectivity index (χ1) is 10.9. The first kappa shape index (κ1) is 17.4. The Morgan fingerprint density at radius 3 is 2.78 bits per heavy atom. The smallest absolute Gasteiger partial charge is 0.291 e. The first-order valence-electron chi connectivity index (χ1n) is 7.58. The topological polar surface area (TPSA) is 80.0 Å². The van der Waals surface area contributed by atoms with Gasteiger partial charge >= 0.3 is 0 Å². The molecule has 0 radical (unpaired) electrons. The second-order valence-corrected chi connectivity index (χ2v) is 5.92. The van der Waals surface area contributed by atoms with Gasteiger partial charge in [0.25, 0.3) is 5.91 Å². The van der Waals surface area contributed by atoms with Gasteiger partial charge in [-0.2, -0.15) is 0 Å². The van der Waals surface area contributed by atoms with E-state index in [0.29, 0.717) is 16.5 Å². The van der Waals surface area contributed by atoms with Crippen molar-refractivity contribution in [3.8, 4) is 5.69 Å². The zero-order chi connectivity index (χ0) is 17.0. The zero-order valence-electron chi connectivity index (χ0n) is 13.5. The number of aryl methyl sites for hydroxylation is 1. The number of carbonyl (C=O) groups excluding carboxylic acids is 1. The molecule has 2 aromatic rings. The van der Waals surface area contributed by atoms with E-state index in [1.807, 2.05) is 26.0 Å². The molecule has 124 valence electrons. The second kappa shape index (κ2) is 7.57. The van der Waals surface area contributed by atoms with Crippen LogP contribution in [0.5, 0.6) is 0 Å². The Labute approximate surface area is 140 Å². The number of hydrogen-bond acceptors (Lipinski definition) is 4. The van der Waals surface area contributed by atoms with Crippen molar-refractivity contribution in [3.05, 3.63) is 40.9 Å². The number of aliphatic hydroxyl groups excluding tert-OH is 1. The first-order valence-corrected chi connectivity index (χ1v) is 7.96. The van der Waals surface area contributed by atoms with Crippen LogP contribution in [0.3, 0.4) is 0 Å². The monoisotopic (exact) mass is 336 g/mol. The number of rotatable bonds is 6. The summed E-state index contributed by atoms with van der Waals surface area (Å²) in [5, 5.41) is 17.3. The second-order valence-electron chi connectivity index (χ2n) is 5.51. The summed E-state index contributed by atoms with van der Waals surface area (Å²) >= 11 is 6.15. The number of nitrogens with one attached hydrogen (secondary N) is 1. The zero-order valence-corrected chi connectivity index (χ0v) is 14.2. The van der Waals surface area contributed by atoms with E-state index in [-0.39, 0.29) is 18.3 Å². The number of benzene rings is 1. The van der Waals surface area contributed by atoms with Gasteiger partial charge in [-0.15, -0.1) is 5.10 Å². The minimum absolute atomic E-state index is 0.0544. The summed E-state index contributed by atoms with van der Waals surface area (Å²) in [5.74, 6) is 0.316. The Morgan fingerprint density at radius 2 is 2.13 bits per heavy atom. The van der Waals surface area contributed by atoms with Crippen molar-refractivity contribution < 1.29 is 9.90 Å². The lowest BCUT2D eigenvalue weighted by molar-refractivity contribution is 0.0841. The number of aliphatic hydroxyl groups is 1. The van der Waals surface area contributed by atoms with Gasteiger partial charge in [-0.25, -0.2) is 9.67 Å². The molecule has 7 heteroatoms. The van der Waals surface area contributed by atoms with Crippen LogP contribution < -0.4 is 5.32 Å². The highest BCUT2D eigenvalue weighted by atomic mass is 35.5. The predicted molar refractivity (Wildman–Crippen MR) is 88.9 cm³/mol. The summed E-state index contributed by atoms with van der Waals surface area (Å²) in [6, 6.07) is 7.21. The van der Waals surface area contributed by atoms with E-state index in [0.717, 1.165) is 6.42 Å². The van der Waals surface area contributed by atoms with E-state index in [1.165, 1.54) is 4.68 Å². The standard InChI is InChI=1S/C16H21ClN4O2/c1-4-10(2)14(22)9-18-16(23)15-19-11(3)21(20-15)13-8-6-5-7-12(13)17/h5-8,10,14,22H,4,9H2,1-3H3,(H,18,23). The van der Waals surface area contributed by atoms with Crippen LogP contribution in [0, 0.1) is 12.8 Å². The Hall–Kier alpha value is -1.92. The molecule has 0 aliphatic heterocycles. The highest BCUT2D eigenvalue weighted by Gasteiger charge is 2.18. The van der Waals surface area contributed by atoms with Crippen LogP contribution >= 0.6 is 11.6 Å². The molecule has 0 bridgehead atoms. The molecule has 0 saturated heterocycles. The van der Waals surface area contributed by atoms with Gasteiger partial charge in [0, 0.05) is 6.54 Å². The van der Waals surface area contributed by atoms with Crippen LogP contribution in [0.1, 0.15) is 36.7 Å². The number of para-hydroxylation sites is 1. The summed E-state index contributed by atoms with van der Waals surface area (Å²) in [6.45, 7) is 5.85. The van der Waals surface area contributed by atoms with E-state index in [9.17, 15) is 9.90 Å². The van der Waals surface area contributed by atoms with E-state index < -0.39 is 12.0 Å². The Bertz CT molecular complexity index is 686. The lowest BCUT2D eigenvalue weighted by atomic mass is 10.0. The van der Waals surface area contributed by atoms with Gasteiger partial charge < -0.3 is 10.4 Å². The molecule has 0 aliphatic rings. The van der Waals surface area contributed by atoms with Crippen molar-refractivity contribution in [2.24, 2.45) is 5.92 Å². The van der Waals surface area contributed by atoms with Gasteiger partial charge in [0.15, 0.2) is 0 Å². The normalized spacial score (nSPS) is 13.6. The third-order valence-corrected chi connectivity index (χ3v) is 4.14. The van der Waals surface area contributed by atoms with Crippen molar-refractivity contribution in [1.29, 1.82) is 0 Å². The van der Waals surface area contributed by atoms with Gasteiger partial charge in [0.1, 0.15) is 5.82 Å². The molecule has 2 unspecified atom stereocenters. The average molecular weight is 337 g/mol. The summed E-state index contributed by atoms with van der Waals surface area (Å²) < 4.78 is 1.53. The third-order valence-electron chi connectivity index (χ3n) is 3.83. The van der Waals surface area contributed by atoms with E-state index in [1.54, 1.807) is 19.1 Å². The third kappa shape index (κ3) is 4.09. The number of aromatic nitrogens is 3. The quantitative estimate of drug-likeness (QED) is 0.848. The van der Waals surface area contributed by atoms with Crippen LogP contribution in [-0.2, 0) is 0 Å². The molecule has 2 atom stereocenters. The number of carbonyl (C=O) groups is 1. The largest absolute Gasteiger partial charge is 0.391 e. The Kier molecular flexibility index (Phi) is 5.74. The summed E-state index contributed by atoms with van der Waals surface area (Å²) in [4.78, 5) is 16.3. The molecule has 6 nitrogen and oxygen atoms in total. The summed E-state index contributed by atoms with van der Waals surface area (Å²) in [7, 11) is 0. The van der Waals surface area contributed by atoms with Crippen LogP contribution in [0.4, 0.5) is 0 Å². The minimum atomic E-state index is -0.587. The highest BCUT2D eigenvalue weighted by Crippen LogP contribution is 2.20. The summed E-state index contributed by atoms with van der Waals surface area (Å²) in [5.41, 5.74) is 0.665. The number of halogens is 1. The molecule has 1 aromatic carbocycles. The van der Waals surface area contributed by atoms with Gasteiger partial charge in [-0.1, -0.05) is 44.0 Å². The van der Waals surface area contributed by atoms with Gasteiger partial charge in [0.05, 0.1) is 16.8 Å². The fourth-order valence-electron chi connectivity index (χ4n) is 2.09. The lowest BCUT2D eigenvalue weighted by Crippen LogP contribution is -2.35. The van der Waals surface area contributed by atoms with Crippen molar-refractivity contribution in [3.63, 3.8) is 0 Å². The molecule has 0 spiro atoms. The fourth-order valence-corrected chi connectivity index (χ4v) is 2.30. The van der Waals surface area contributed by atoms with E-state index in [2.05, 4.69) is 15.4 Å². The van der Waals surface area contributed by atoms with Crippen LogP contribution in [0.15, 0.2) is 24.3 Å². The van der Waals surface area contributed by atoms with Crippen LogP contribution in [0.25, 0.3) is 5.69 Å². The molecular weight excluding hydrogens is 316 g/mol. The maximum atomic E-state index is 12.1. The SMILES string of the molecule is CCC(C)C(O)CNC(=O)c1nc(C)n(-c2ccccc2Cl)n1. The maximum absolute atomic E-state index is 12.1. The highest BCUT2D eigenvalue weighted by molar-refractivity contribution is 6.32. The molecule has 1 aromatic heterocycles. The van der Waals surface area contributed by atoms with Crippen molar-refractivity contribution in [1.82, 2.24) is 20.1 Å². The molecule has 0 fully saturated rings.